The Labute approximate surface area is 267 Å². The first kappa shape index (κ1) is 33.3. The van der Waals surface area contributed by atoms with Crippen molar-refractivity contribution < 1.29 is 31.5 Å². The number of ether oxygens (including phenoxy) is 2. The lowest BCUT2D eigenvalue weighted by atomic mass is 9.70. The minimum absolute atomic E-state index is 0.0110. The van der Waals surface area contributed by atoms with E-state index in [9.17, 15) is 13.2 Å². The summed E-state index contributed by atoms with van der Waals surface area (Å²) in [7, 11) is -2.23. The number of benzene rings is 1. The van der Waals surface area contributed by atoms with Gasteiger partial charge in [0.05, 0.1) is 22.2 Å². The highest BCUT2D eigenvalue weighted by Crippen LogP contribution is 2.60. The average molecular weight is 734 g/mol. The summed E-state index contributed by atoms with van der Waals surface area (Å²) in [5.74, 6) is -1.29. The summed E-state index contributed by atoms with van der Waals surface area (Å²) in [5, 5.41) is -0.0117. The monoisotopic (exact) mass is 733 g/mol. The van der Waals surface area contributed by atoms with Crippen molar-refractivity contribution >= 4 is 30.9 Å². The third-order valence-electron chi connectivity index (χ3n) is 9.88. The van der Waals surface area contributed by atoms with Crippen LogP contribution in [0.5, 0.6) is 0 Å². The van der Waals surface area contributed by atoms with Crippen LogP contribution in [0.3, 0.4) is 0 Å². The molecule has 0 radical (unpaired) electrons. The molecule has 1 saturated heterocycles. The van der Waals surface area contributed by atoms with E-state index in [0.717, 1.165) is 53.1 Å². The Morgan fingerprint density at radius 1 is 1.12 bits per heavy atom. The molecule has 0 amide bonds. The van der Waals surface area contributed by atoms with Crippen LogP contribution in [0, 0.1) is 11.2 Å². The van der Waals surface area contributed by atoms with E-state index in [4.69, 9.17) is 18.9 Å². The van der Waals surface area contributed by atoms with Crippen LogP contribution in [0.25, 0.3) is 0 Å². The van der Waals surface area contributed by atoms with Gasteiger partial charge in [0.1, 0.15) is 17.5 Å². The van der Waals surface area contributed by atoms with Gasteiger partial charge in [-0.15, -0.1) is 0 Å². The molecule has 0 bridgehead atoms. The lowest BCUT2D eigenvalue weighted by Crippen LogP contribution is -2.47. The third kappa shape index (κ3) is 5.85. The SMILES string of the molecule is CC(C)c1nc2c(c3c1[C@H](c1ccc(C(F)(F)F)c(F)c1)OC31CCOCC1I)C(O[Si](C)(C)C(C)(C)C)CC(C)(C)C2. The molecule has 43 heavy (non-hydrogen) atoms. The van der Waals surface area contributed by atoms with Gasteiger partial charge in [-0.3, -0.25) is 4.98 Å². The lowest BCUT2D eigenvalue weighted by Gasteiger charge is -2.47. The van der Waals surface area contributed by atoms with Crippen molar-refractivity contribution in [2.24, 2.45) is 5.41 Å². The van der Waals surface area contributed by atoms with Crippen molar-refractivity contribution in [1.29, 1.82) is 0 Å². The zero-order valence-corrected chi connectivity index (χ0v) is 29.8. The molecule has 3 unspecified atom stereocenters. The normalized spacial score (nSPS) is 27.5. The molecule has 10 heteroatoms. The van der Waals surface area contributed by atoms with Crippen LogP contribution in [0.2, 0.25) is 18.1 Å². The summed E-state index contributed by atoms with van der Waals surface area (Å²) >= 11 is 2.39. The number of hydrogen-bond donors (Lipinski definition) is 0. The molecule has 1 fully saturated rings. The molecule has 0 N–H and O–H groups in total. The van der Waals surface area contributed by atoms with E-state index in [1.807, 2.05) is 0 Å². The summed E-state index contributed by atoms with van der Waals surface area (Å²) in [6.45, 7) is 20.9. The van der Waals surface area contributed by atoms with Crippen LogP contribution in [0.1, 0.15) is 119 Å². The van der Waals surface area contributed by atoms with Gasteiger partial charge in [-0.05, 0) is 60.0 Å². The molecule has 0 saturated carbocycles. The molecular weight excluding hydrogens is 689 g/mol. The van der Waals surface area contributed by atoms with Gasteiger partial charge >= 0.3 is 6.18 Å². The molecule has 4 atom stereocenters. The first-order valence-electron chi connectivity index (χ1n) is 15.2. The molecule has 1 aliphatic carbocycles. The molecule has 5 rings (SSSR count). The van der Waals surface area contributed by atoms with Gasteiger partial charge in [0, 0.05) is 41.1 Å². The standard InChI is InChI=1S/C33H44F4INO3Si/c1-18(2)28-26-27(25-22(39-28)15-31(6,7)16-23(25)42-43(8,9)30(3,4)5)32(12-13-40-17-24(32)38)41-29(26)19-10-11-20(21(34)14-19)33(35,36)37/h10-11,14,18,23-24,29H,12-13,15-17H2,1-9H3/t23?,24?,29-,32?/m0/s1. The maximum atomic E-state index is 15.0. The van der Waals surface area contributed by atoms with Crippen LogP contribution in [0.15, 0.2) is 18.2 Å². The smallest absolute Gasteiger partial charge is 0.410 e. The molecule has 238 valence electrons. The Kier molecular flexibility index (Phi) is 8.53. The summed E-state index contributed by atoms with van der Waals surface area (Å²) in [4.78, 5) is 5.33. The molecule has 1 aromatic heterocycles. The number of aromatic nitrogens is 1. The van der Waals surface area contributed by atoms with E-state index in [2.05, 4.69) is 84.2 Å². The minimum atomic E-state index is -4.78. The maximum Gasteiger partial charge on any atom is 0.419 e. The van der Waals surface area contributed by atoms with E-state index in [1.54, 1.807) is 0 Å². The number of alkyl halides is 4. The topological polar surface area (TPSA) is 40.6 Å². The van der Waals surface area contributed by atoms with Crippen molar-refractivity contribution in [2.75, 3.05) is 13.2 Å². The summed E-state index contributed by atoms with van der Waals surface area (Å²) < 4.78 is 75.7. The van der Waals surface area contributed by atoms with E-state index < -0.39 is 37.6 Å². The summed E-state index contributed by atoms with van der Waals surface area (Å²) in [6.07, 6.45) is -3.57. The van der Waals surface area contributed by atoms with Crippen molar-refractivity contribution in [3.63, 3.8) is 0 Å². The van der Waals surface area contributed by atoms with Crippen LogP contribution < -0.4 is 0 Å². The zero-order valence-electron chi connectivity index (χ0n) is 26.6. The van der Waals surface area contributed by atoms with Gasteiger partial charge in [0.25, 0.3) is 0 Å². The first-order chi connectivity index (χ1) is 19.7. The largest absolute Gasteiger partial charge is 0.419 e. The molecule has 1 aromatic carbocycles. The number of fused-ring (bicyclic) bond motifs is 4. The molecular formula is C33H44F4INO3Si. The number of pyridine rings is 1. The highest BCUT2D eigenvalue weighted by atomic mass is 127. The van der Waals surface area contributed by atoms with Gasteiger partial charge in [-0.2, -0.15) is 13.2 Å². The van der Waals surface area contributed by atoms with E-state index in [1.165, 1.54) is 6.07 Å². The van der Waals surface area contributed by atoms with E-state index in [0.29, 0.717) is 25.2 Å². The molecule has 3 heterocycles. The van der Waals surface area contributed by atoms with Gasteiger partial charge in [0.15, 0.2) is 8.32 Å². The number of hydrogen-bond acceptors (Lipinski definition) is 4. The van der Waals surface area contributed by atoms with Gasteiger partial charge in [0.2, 0.25) is 0 Å². The van der Waals surface area contributed by atoms with E-state index in [-0.39, 0.29) is 26.4 Å². The number of rotatable bonds is 4. The second-order valence-electron chi connectivity index (χ2n) is 15.1. The van der Waals surface area contributed by atoms with Crippen molar-refractivity contribution in [3.8, 4) is 0 Å². The van der Waals surface area contributed by atoms with Crippen molar-refractivity contribution in [1.82, 2.24) is 4.98 Å². The van der Waals surface area contributed by atoms with Gasteiger partial charge < -0.3 is 13.9 Å². The second-order valence-corrected chi connectivity index (χ2v) is 21.4. The number of halogens is 5. The number of nitrogens with zero attached hydrogens (tertiary/aromatic N) is 1. The van der Waals surface area contributed by atoms with Crippen molar-refractivity contribution in [3.05, 3.63) is 63.2 Å². The highest BCUT2D eigenvalue weighted by Gasteiger charge is 2.57. The first-order valence-corrected chi connectivity index (χ1v) is 19.3. The third-order valence-corrected chi connectivity index (χ3v) is 15.7. The van der Waals surface area contributed by atoms with Crippen LogP contribution >= 0.6 is 22.6 Å². The second kappa shape index (κ2) is 11.0. The maximum absolute atomic E-state index is 15.0. The quantitative estimate of drug-likeness (QED) is 0.136. The zero-order chi connectivity index (χ0) is 31.9. The van der Waals surface area contributed by atoms with Gasteiger partial charge in [-0.25, -0.2) is 4.39 Å². The van der Waals surface area contributed by atoms with E-state index >= 15 is 4.39 Å². The fourth-order valence-electron chi connectivity index (χ4n) is 6.69. The predicted octanol–water partition coefficient (Wildman–Crippen LogP) is 9.94. The van der Waals surface area contributed by atoms with Crippen LogP contribution in [0.4, 0.5) is 17.6 Å². The average Bonchev–Trinajstić information content (AvgIpc) is 3.18. The van der Waals surface area contributed by atoms with Crippen molar-refractivity contribution in [2.45, 2.75) is 120 Å². The lowest BCUT2D eigenvalue weighted by molar-refractivity contribution is -0.140. The summed E-state index contributed by atoms with van der Waals surface area (Å²) in [5.41, 5.74) is 3.12. The Balaban J connectivity index is 1.81. The summed E-state index contributed by atoms with van der Waals surface area (Å²) in [6, 6.07) is 3.18. The minimum Gasteiger partial charge on any atom is -0.410 e. The van der Waals surface area contributed by atoms with Crippen LogP contribution in [-0.4, -0.2) is 30.4 Å². The molecule has 4 nitrogen and oxygen atoms in total. The molecule has 3 aliphatic rings. The fraction of sp³-hybridized carbons (Fsp3) is 0.667. The Morgan fingerprint density at radius 2 is 1.79 bits per heavy atom. The van der Waals surface area contributed by atoms with Gasteiger partial charge in [-0.1, -0.05) is 77.1 Å². The molecule has 2 aromatic rings. The highest BCUT2D eigenvalue weighted by molar-refractivity contribution is 14.1. The molecule has 2 aliphatic heterocycles. The fourth-order valence-corrected chi connectivity index (χ4v) is 8.98. The van der Waals surface area contributed by atoms with Crippen LogP contribution in [-0.2, 0) is 32.1 Å². The Bertz CT molecular complexity index is 1400. The Hall–Kier alpha value is -1.08. The molecule has 1 spiro atoms. The predicted molar refractivity (Wildman–Crippen MR) is 171 cm³/mol. The Morgan fingerprint density at radius 3 is 2.35 bits per heavy atom.